The number of rotatable bonds is 4. The van der Waals surface area contributed by atoms with E-state index in [1.807, 2.05) is 85.1 Å². The summed E-state index contributed by atoms with van der Waals surface area (Å²) in [5.74, 6) is -0.158. The van der Waals surface area contributed by atoms with Crippen molar-refractivity contribution >= 4 is 28.8 Å². The molecule has 0 spiro atoms. The molecular weight excluding hydrogens is 386 g/mol. The summed E-state index contributed by atoms with van der Waals surface area (Å²) in [6, 6.07) is 27.1. The van der Waals surface area contributed by atoms with Gasteiger partial charge < -0.3 is 9.30 Å². The molecule has 1 aromatic heterocycles. The molecule has 0 radical (unpaired) electrons. The van der Waals surface area contributed by atoms with E-state index in [4.69, 9.17) is 4.74 Å². The number of nitrogens with zero attached hydrogens (tertiary/aromatic N) is 3. The summed E-state index contributed by atoms with van der Waals surface area (Å²) in [7, 11) is 0. The summed E-state index contributed by atoms with van der Waals surface area (Å²) in [6.45, 7) is 0.552. The average Bonchev–Trinajstić information content (AvgIpc) is 3.35. The Bertz CT molecular complexity index is 1410. The van der Waals surface area contributed by atoms with Crippen molar-refractivity contribution in [1.29, 1.82) is 5.26 Å². The van der Waals surface area contributed by atoms with Gasteiger partial charge in [-0.25, -0.2) is 9.79 Å². The van der Waals surface area contributed by atoms with Gasteiger partial charge >= 0.3 is 5.97 Å². The summed E-state index contributed by atoms with van der Waals surface area (Å²) < 4.78 is 7.46. The number of para-hydroxylation sites is 1. The number of esters is 1. The number of nitriles is 1. The fourth-order valence-corrected chi connectivity index (χ4v) is 3.73. The molecular formula is C26H17N3O2. The van der Waals surface area contributed by atoms with E-state index in [1.165, 1.54) is 0 Å². The van der Waals surface area contributed by atoms with Crippen LogP contribution in [0.4, 0.5) is 0 Å². The molecule has 0 fully saturated rings. The van der Waals surface area contributed by atoms with Crippen LogP contribution in [-0.4, -0.2) is 16.4 Å². The molecule has 0 atom stereocenters. The minimum absolute atomic E-state index is 0.263. The van der Waals surface area contributed by atoms with Crippen molar-refractivity contribution in [2.45, 2.75) is 6.54 Å². The first-order valence-corrected chi connectivity index (χ1v) is 9.87. The number of aliphatic imine (C=N–C) groups is 1. The monoisotopic (exact) mass is 403 g/mol. The lowest BCUT2D eigenvalue weighted by Crippen LogP contribution is -2.04. The number of benzene rings is 3. The Morgan fingerprint density at radius 2 is 1.71 bits per heavy atom. The SMILES string of the molecule is N#Cc1ccccc1Cn1cc(/C=C2/N=C(c3ccccc3)OC2=O)c2ccccc21. The molecule has 0 aliphatic carbocycles. The second-order valence-electron chi connectivity index (χ2n) is 7.20. The van der Waals surface area contributed by atoms with E-state index in [0.29, 0.717) is 18.0 Å². The maximum absolute atomic E-state index is 12.4. The molecule has 0 saturated carbocycles. The zero-order valence-electron chi connectivity index (χ0n) is 16.5. The van der Waals surface area contributed by atoms with Gasteiger partial charge in [0.05, 0.1) is 11.6 Å². The van der Waals surface area contributed by atoms with E-state index in [0.717, 1.165) is 27.6 Å². The lowest BCUT2D eigenvalue weighted by molar-refractivity contribution is -0.129. The maximum Gasteiger partial charge on any atom is 0.363 e. The Morgan fingerprint density at radius 3 is 2.55 bits per heavy atom. The van der Waals surface area contributed by atoms with Crippen LogP contribution in [0.25, 0.3) is 17.0 Å². The molecule has 0 unspecified atom stereocenters. The minimum atomic E-state index is -0.467. The van der Waals surface area contributed by atoms with Crippen LogP contribution >= 0.6 is 0 Å². The van der Waals surface area contributed by atoms with Gasteiger partial charge in [-0.05, 0) is 35.9 Å². The van der Waals surface area contributed by atoms with E-state index in [1.54, 1.807) is 6.08 Å². The van der Waals surface area contributed by atoms with E-state index in [9.17, 15) is 10.1 Å². The van der Waals surface area contributed by atoms with Gasteiger partial charge in [0.1, 0.15) is 0 Å². The highest BCUT2D eigenvalue weighted by Crippen LogP contribution is 2.27. The van der Waals surface area contributed by atoms with Gasteiger partial charge in [-0.15, -0.1) is 0 Å². The van der Waals surface area contributed by atoms with Crippen LogP contribution in [-0.2, 0) is 16.1 Å². The lowest BCUT2D eigenvalue weighted by Gasteiger charge is -2.07. The van der Waals surface area contributed by atoms with Crippen molar-refractivity contribution in [3.05, 3.63) is 113 Å². The van der Waals surface area contributed by atoms with Crippen molar-refractivity contribution < 1.29 is 9.53 Å². The second kappa shape index (κ2) is 7.77. The van der Waals surface area contributed by atoms with Gasteiger partial charge in [-0.2, -0.15) is 5.26 Å². The Labute approximate surface area is 179 Å². The third-order valence-corrected chi connectivity index (χ3v) is 5.23. The topological polar surface area (TPSA) is 67.4 Å². The number of fused-ring (bicyclic) bond motifs is 1. The molecule has 2 heterocycles. The predicted molar refractivity (Wildman–Crippen MR) is 119 cm³/mol. The van der Waals surface area contributed by atoms with Crippen LogP contribution in [0.3, 0.4) is 0 Å². The van der Waals surface area contributed by atoms with E-state index < -0.39 is 5.97 Å². The maximum atomic E-state index is 12.4. The fraction of sp³-hybridized carbons (Fsp3) is 0.0385. The van der Waals surface area contributed by atoms with Crippen LogP contribution in [0.5, 0.6) is 0 Å². The number of ether oxygens (including phenoxy) is 1. The van der Waals surface area contributed by atoms with E-state index in [-0.39, 0.29) is 5.70 Å². The van der Waals surface area contributed by atoms with Crippen LogP contribution in [0.15, 0.2) is 95.7 Å². The summed E-state index contributed by atoms with van der Waals surface area (Å²) in [5.41, 5.74) is 4.50. The molecule has 1 aliphatic heterocycles. The molecule has 5 heteroatoms. The zero-order valence-corrected chi connectivity index (χ0v) is 16.5. The zero-order chi connectivity index (χ0) is 21.2. The Morgan fingerprint density at radius 1 is 0.968 bits per heavy atom. The van der Waals surface area contributed by atoms with Gasteiger partial charge in [0, 0.05) is 34.8 Å². The summed E-state index contributed by atoms with van der Waals surface area (Å²) in [4.78, 5) is 16.8. The average molecular weight is 403 g/mol. The quantitative estimate of drug-likeness (QED) is 0.359. The number of hydrogen-bond acceptors (Lipinski definition) is 4. The van der Waals surface area contributed by atoms with E-state index in [2.05, 4.69) is 15.6 Å². The molecule has 148 valence electrons. The molecule has 5 rings (SSSR count). The first kappa shape index (κ1) is 18.6. The molecule has 3 aromatic carbocycles. The first-order chi connectivity index (χ1) is 15.2. The van der Waals surface area contributed by atoms with Gasteiger partial charge in [0.2, 0.25) is 5.90 Å². The Balaban J connectivity index is 1.56. The Hall–Kier alpha value is -4.43. The highest BCUT2D eigenvalue weighted by atomic mass is 16.6. The highest BCUT2D eigenvalue weighted by Gasteiger charge is 2.24. The summed E-state index contributed by atoms with van der Waals surface area (Å²) in [6.07, 6.45) is 3.74. The van der Waals surface area contributed by atoms with Crippen LogP contribution in [0.1, 0.15) is 22.3 Å². The third kappa shape index (κ3) is 3.52. The first-order valence-electron chi connectivity index (χ1n) is 9.87. The molecule has 1 aliphatic rings. The van der Waals surface area contributed by atoms with Crippen molar-refractivity contribution in [1.82, 2.24) is 4.57 Å². The molecule has 0 N–H and O–H groups in total. The highest BCUT2D eigenvalue weighted by molar-refractivity contribution is 6.13. The number of aromatic nitrogens is 1. The molecule has 31 heavy (non-hydrogen) atoms. The van der Waals surface area contributed by atoms with Crippen LogP contribution in [0.2, 0.25) is 0 Å². The minimum Gasteiger partial charge on any atom is -0.402 e. The molecule has 0 amide bonds. The van der Waals surface area contributed by atoms with Gasteiger partial charge in [-0.3, -0.25) is 0 Å². The number of cyclic esters (lactones) is 1. The van der Waals surface area contributed by atoms with E-state index >= 15 is 0 Å². The standard InChI is InChI=1S/C26H17N3O2/c27-15-19-10-4-5-11-20(19)16-29-17-21(22-12-6-7-13-24(22)29)14-23-26(30)31-25(28-23)18-8-2-1-3-9-18/h1-14,17H,16H2/b23-14+. The molecule has 5 nitrogen and oxygen atoms in total. The predicted octanol–water partition coefficient (Wildman–Crippen LogP) is 4.91. The summed E-state index contributed by atoms with van der Waals surface area (Å²) in [5, 5.41) is 10.4. The van der Waals surface area contributed by atoms with Crippen LogP contribution < -0.4 is 0 Å². The Kier molecular flexibility index (Phi) is 4.66. The molecule has 0 saturated heterocycles. The normalized spacial score (nSPS) is 14.5. The number of carbonyl (C=O) groups is 1. The smallest absolute Gasteiger partial charge is 0.363 e. The molecule has 4 aromatic rings. The van der Waals surface area contributed by atoms with Crippen molar-refractivity contribution in [3.63, 3.8) is 0 Å². The fourth-order valence-electron chi connectivity index (χ4n) is 3.73. The second-order valence-corrected chi connectivity index (χ2v) is 7.20. The van der Waals surface area contributed by atoms with Crippen molar-refractivity contribution in [2.24, 2.45) is 4.99 Å². The summed E-state index contributed by atoms with van der Waals surface area (Å²) >= 11 is 0. The van der Waals surface area contributed by atoms with Gasteiger partial charge in [-0.1, -0.05) is 54.6 Å². The van der Waals surface area contributed by atoms with Crippen LogP contribution in [0, 0.1) is 11.3 Å². The van der Waals surface area contributed by atoms with Gasteiger partial charge in [0.15, 0.2) is 5.70 Å². The number of hydrogen-bond donors (Lipinski definition) is 0. The van der Waals surface area contributed by atoms with Crippen molar-refractivity contribution in [3.8, 4) is 6.07 Å². The van der Waals surface area contributed by atoms with Gasteiger partial charge in [0.25, 0.3) is 0 Å². The molecule has 0 bridgehead atoms. The lowest BCUT2D eigenvalue weighted by atomic mass is 10.1. The third-order valence-electron chi connectivity index (χ3n) is 5.23. The van der Waals surface area contributed by atoms with Crippen molar-refractivity contribution in [2.75, 3.05) is 0 Å². The number of carbonyl (C=O) groups excluding carboxylic acids is 1. The largest absolute Gasteiger partial charge is 0.402 e.